The Morgan fingerprint density at radius 2 is 1.74 bits per heavy atom. The molecule has 8 heteroatoms. The number of aliphatic hydroxyl groups is 2. The number of rotatable bonds is 4. The van der Waals surface area contributed by atoms with Crippen molar-refractivity contribution in [1.82, 2.24) is 0 Å². The van der Waals surface area contributed by atoms with E-state index in [9.17, 15) is 15.0 Å². The molecule has 0 bridgehead atoms. The largest absolute Gasteiger partial charge is 0.457 e. The first kappa shape index (κ1) is 18.6. The van der Waals surface area contributed by atoms with Crippen molar-refractivity contribution in [3.05, 3.63) is 0 Å². The van der Waals surface area contributed by atoms with Gasteiger partial charge in [0.2, 0.25) is 0 Å². The van der Waals surface area contributed by atoms with Gasteiger partial charge in [-0.1, -0.05) is 0 Å². The second-order valence-electron chi connectivity index (χ2n) is 6.05. The van der Waals surface area contributed by atoms with E-state index in [4.69, 9.17) is 23.7 Å². The molecule has 0 unspecified atom stereocenters. The Kier molecular flexibility index (Phi) is 6.35. The van der Waals surface area contributed by atoms with Gasteiger partial charge in [0, 0.05) is 26.9 Å². The fraction of sp³-hybridized carbons (Fsp3) is 0.933. The first-order valence-electron chi connectivity index (χ1n) is 7.84. The number of carbonyl (C=O) groups excluding carboxylic acids is 1. The lowest BCUT2D eigenvalue weighted by molar-refractivity contribution is -0.304. The molecule has 134 valence electrons. The maximum atomic E-state index is 11.3. The van der Waals surface area contributed by atoms with Crippen LogP contribution in [-0.4, -0.2) is 72.5 Å². The molecule has 0 amide bonds. The molecule has 0 aromatic rings. The van der Waals surface area contributed by atoms with Crippen LogP contribution in [0.25, 0.3) is 0 Å². The van der Waals surface area contributed by atoms with Crippen LogP contribution in [-0.2, 0) is 28.5 Å². The summed E-state index contributed by atoms with van der Waals surface area (Å²) in [4.78, 5) is 11.3. The molecule has 8 nitrogen and oxygen atoms in total. The molecular formula is C15H26O8. The number of aliphatic hydroxyl groups excluding tert-OH is 2. The molecule has 0 saturated carbocycles. The zero-order valence-electron chi connectivity index (χ0n) is 13.9. The molecule has 2 N–H and O–H groups in total. The highest BCUT2D eigenvalue weighted by Gasteiger charge is 2.43. The van der Waals surface area contributed by atoms with Crippen LogP contribution >= 0.6 is 0 Å². The van der Waals surface area contributed by atoms with E-state index < -0.39 is 49.1 Å². The van der Waals surface area contributed by atoms with Crippen LogP contribution in [0.3, 0.4) is 0 Å². The summed E-state index contributed by atoms with van der Waals surface area (Å²) in [5.74, 6) is -0.451. The monoisotopic (exact) mass is 334 g/mol. The Morgan fingerprint density at radius 1 is 1.09 bits per heavy atom. The van der Waals surface area contributed by atoms with Crippen molar-refractivity contribution < 1.29 is 38.7 Å². The van der Waals surface area contributed by atoms with Crippen LogP contribution in [0, 0.1) is 0 Å². The summed E-state index contributed by atoms with van der Waals surface area (Å²) >= 11 is 0. The average molecular weight is 334 g/mol. The molecule has 2 saturated heterocycles. The van der Waals surface area contributed by atoms with Crippen LogP contribution in [0.1, 0.15) is 33.6 Å². The Hall–Kier alpha value is -0.770. The number of hydrogen-bond donors (Lipinski definition) is 2. The summed E-state index contributed by atoms with van der Waals surface area (Å²) in [6, 6.07) is 0. The van der Waals surface area contributed by atoms with Gasteiger partial charge in [-0.3, -0.25) is 4.79 Å². The van der Waals surface area contributed by atoms with Crippen LogP contribution in [0.15, 0.2) is 0 Å². The van der Waals surface area contributed by atoms with Gasteiger partial charge >= 0.3 is 5.97 Å². The SMILES string of the molecule is CO[C@@H]1[C@H](O)C[C@H](O[C@@H]2C[C@H](O)O[C@H](C)[C@@H]2OC(C)=O)O[C@@H]1C. The molecule has 2 fully saturated rings. The fourth-order valence-electron chi connectivity index (χ4n) is 3.16. The second-order valence-corrected chi connectivity index (χ2v) is 6.05. The standard InChI is InChI=1S/C15H26O8/c1-7-14(19-4)10(17)5-13(21-7)23-11-6-12(18)20-8(2)15(11)22-9(3)16/h7-8,10-15,17-18H,5-6H2,1-4H3/t7-,8-,10-,11-,12-,13+,14+,15+/m1/s1. The quantitative estimate of drug-likeness (QED) is 0.689. The Bertz CT molecular complexity index is 391. The van der Waals surface area contributed by atoms with Crippen molar-refractivity contribution in [2.24, 2.45) is 0 Å². The van der Waals surface area contributed by atoms with Gasteiger partial charge in [0.05, 0.1) is 18.3 Å². The predicted molar refractivity (Wildman–Crippen MR) is 77.4 cm³/mol. The van der Waals surface area contributed by atoms with Gasteiger partial charge in [0.15, 0.2) is 18.7 Å². The summed E-state index contributed by atoms with van der Waals surface area (Å²) < 4.78 is 27.3. The third-order valence-electron chi connectivity index (χ3n) is 4.18. The summed E-state index contributed by atoms with van der Waals surface area (Å²) in [6.07, 6.45) is -4.51. The number of esters is 1. The van der Waals surface area contributed by atoms with Crippen molar-refractivity contribution in [3.63, 3.8) is 0 Å². The van der Waals surface area contributed by atoms with E-state index in [1.165, 1.54) is 14.0 Å². The molecule has 2 aliphatic heterocycles. The van der Waals surface area contributed by atoms with Crippen LogP contribution in [0.4, 0.5) is 0 Å². The number of ether oxygens (including phenoxy) is 5. The molecular weight excluding hydrogens is 308 g/mol. The van der Waals surface area contributed by atoms with Crippen LogP contribution in [0.2, 0.25) is 0 Å². The lowest BCUT2D eigenvalue weighted by atomic mass is 10.00. The van der Waals surface area contributed by atoms with Gasteiger partial charge in [-0.05, 0) is 13.8 Å². The minimum atomic E-state index is -1.00. The fourth-order valence-corrected chi connectivity index (χ4v) is 3.16. The smallest absolute Gasteiger partial charge is 0.303 e. The first-order chi connectivity index (χ1) is 10.8. The van der Waals surface area contributed by atoms with E-state index in [1.54, 1.807) is 13.8 Å². The van der Waals surface area contributed by atoms with Gasteiger partial charge < -0.3 is 33.9 Å². The molecule has 2 aliphatic rings. The van der Waals surface area contributed by atoms with Crippen molar-refractivity contribution in [2.45, 2.75) is 82.8 Å². The zero-order valence-corrected chi connectivity index (χ0v) is 13.9. The second kappa shape index (κ2) is 7.87. The van der Waals surface area contributed by atoms with Gasteiger partial charge in [-0.25, -0.2) is 0 Å². The highest BCUT2D eigenvalue weighted by atomic mass is 16.7. The summed E-state index contributed by atoms with van der Waals surface area (Å²) in [5, 5.41) is 19.9. The molecule has 0 radical (unpaired) electrons. The lowest BCUT2D eigenvalue weighted by Crippen LogP contribution is -2.54. The third kappa shape index (κ3) is 4.62. The van der Waals surface area contributed by atoms with E-state index in [-0.39, 0.29) is 18.9 Å². The van der Waals surface area contributed by atoms with Crippen molar-refractivity contribution in [2.75, 3.05) is 7.11 Å². The topological polar surface area (TPSA) is 104 Å². The van der Waals surface area contributed by atoms with Crippen molar-refractivity contribution >= 4 is 5.97 Å². The normalized spacial score (nSPS) is 44.8. The lowest BCUT2D eigenvalue weighted by Gasteiger charge is -2.42. The molecule has 23 heavy (non-hydrogen) atoms. The molecule has 8 atom stereocenters. The van der Waals surface area contributed by atoms with Crippen molar-refractivity contribution in [1.29, 1.82) is 0 Å². The third-order valence-corrected chi connectivity index (χ3v) is 4.18. The molecule has 2 heterocycles. The molecule has 0 aromatic carbocycles. The van der Waals surface area contributed by atoms with Gasteiger partial charge in [0.1, 0.15) is 12.2 Å². The first-order valence-corrected chi connectivity index (χ1v) is 7.84. The average Bonchev–Trinajstić information content (AvgIpc) is 2.42. The van der Waals surface area contributed by atoms with E-state index in [0.29, 0.717) is 0 Å². The maximum Gasteiger partial charge on any atom is 0.303 e. The van der Waals surface area contributed by atoms with E-state index in [1.807, 2.05) is 0 Å². The molecule has 0 aliphatic carbocycles. The summed E-state index contributed by atoms with van der Waals surface area (Å²) in [7, 11) is 1.52. The highest BCUT2D eigenvalue weighted by Crippen LogP contribution is 2.29. The highest BCUT2D eigenvalue weighted by molar-refractivity contribution is 5.66. The maximum absolute atomic E-state index is 11.3. The van der Waals surface area contributed by atoms with Gasteiger partial charge in [-0.15, -0.1) is 0 Å². The van der Waals surface area contributed by atoms with Gasteiger partial charge in [-0.2, -0.15) is 0 Å². The van der Waals surface area contributed by atoms with Crippen LogP contribution < -0.4 is 0 Å². The van der Waals surface area contributed by atoms with Gasteiger partial charge in [0.25, 0.3) is 0 Å². The Morgan fingerprint density at radius 3 is 2.30 bits per heavy atom. The Balaban J connectivity index is 2.02. The number of carbonyl (C=O) groups is 1. The van der Waals surface area contributed by atoms with E-state index >= 15 is 0 Å². The zero-order chi connectivity index (χ0) is 17.1. The minimum Gasteiger partial charge on any atom is -0.457 e. The molecule has 0 aromatic heterocycles. The van der Waals surface area contributed by atoms with Crippen molar-refractivity contribution in [3.8, 4) is 0 Å². The summed E-state index contributed by atoms with van der Waals surface area (Å²) in [6.45, 7) is 4.80. The van der Waals surface area contributed by atoms with E-state index in [2.05, 4.69) is 0 Å². The predicted octanol–water partition coefficient (Wildman–Crippen LogP) is -0.0587. The van der Waals surface area contributed by atoms with Crippen LogP contribution in [0.5, 0.6) is 0 Å². The molecule has 0 spiro atoms. The Labute approximate surface area is 135 Å². The summed E-state index contributed by atoms with van der Waals surface area (Å²) in [5.41, 5.74) is 0. The molecule has 2 rings (SSSR count). The number of hydrogen-bond acceptors (Lipinski definition) is 8. The number of methoxy groups -OCH3 is 1. The minimum absolute atomic E-state index is 0.153. The van der Waals surface area contributed by atoms with E-state index in [0.717, 1.165) is 0 Å².